The van der Waals surface area contributed by atoms with Crippen molar-refractivity contribution in [3.05, 3.63) is 35.7 Å². The van der Waals surface area contributed by atoms with Crippen LogP contribution in [0.3, 0.4) is 0 Å². The predicted molar refractivity (Wildman–Crippen MR) is 70.0 cm³/mol. The fourth-order valence-electron chi connectivity index (χ4n) is 0.759. The van der Waals surface area contributed by atoms with E-state index in [2.05, 4.69) is 0 Å². The maximum atomic E-state index is 12.4. The Kier molecular flexibility index (Phi) is 10.2. The van der Waals surface area contributed by atoms with Crippen LogP contribution < -0.4 is 0 Å². The summed E-state index contributed by atoms with van der Waals surface area (Å²) in [6, 6.07) is 0. The van der Waals surface area contributed by atoms with E-state index in [1.807, 2.05) is 32.9 Å². The molecule has 0 fully saturated rings. The van der Waals surface area contributed by atoms with Gasteiger partial charge in [0.25, 0.3) is 0 Å². The molecule has 0 unspecified atom stereocenters. The summed E-state index contributed by atoms with van der Waals surface area (Å²) in [5.74, 6) is -0.152. The van der Waals surface area contributed by atoms with E-state index >= 15 is 0 Å². The first kappa shape index (κ1) is 17.5. The Bertz CT molecular complexity index is 248. The molecule has 94 valence electrons. The average molecular weight is 228 g/mol. The monoisotopic (exact) mass is 228 g/mol. The Labute approximate surface area is 99.4 Å². The molecule has 0 aromatic rings. The number of allylic oxidation sites excluding steroid dienone is 6. The average Bonchev–Trinajstić information content (AvgIpc) is 2.30. The number of hydrogen-bond donors (Lipinski definition) is 1. The van der Waals surface area contributed by atoms with Crippen LogP contribution in [0.2, 0.25) is 0 Å². The highest BCUT2D eigenvalue weighted by atomic mass is 19.1. The molecule has 0 bridgehead atoms. The van der Waals surface area contributed by atoms with Crippen LogP contribution in [0.25, 0.3) is 0 Å². The first-order valence-corrected chi connectivity index (χ1v) is 5.72. The molecule has 1 rings (SSSR count). The van der Waals surface area contributed by atoms with Crippen LogP contribution in [0.15, 0.2) is 35.7 Å². The van der Waals surface area contributed by atoms with Crippen LogP contribution in [0.1, 0.15) is 48.0 Å². The highest BCUT2D eigenvalue weighted by molar-refractivity contribution is 5.28. The van der Waals surface area contributed by atoms with Gasteiger partial charge in [-0.25, -0.2) is 4.39 Å². The normalized spacial score (nSPS) is 14.5. The van der Waals surface area contributed by atoms with Gasteiger partial charge in [0.2, 0.25) is 0 Å². The molecular formula is C14H25FO. The molecule has 0 spiro atoms. The molecule has 16 heavy (non-hydrogen) atoms. The summed E-state index contributed by atoms with van der Waals surface area (Å²) < 4.78 is 12.4. The number of halogens is 1. The molecule has 1 N–H and O–H groups in total. The van der Waals surface area contributed by atoms with Gasteiger partial charge in [-0.15, -0.1) is 0 Å². The second kappa shape index (κ2) is 9.34. The smallest absolute Gasteiger partial charge is 0.123 e. The Balaban J connectivity index is 0. The quantitative estimate of drug-likeness (QED) is 0.645. The SMILES string of the molecule is CC.CC(C)(C)O.CC1=CCC=CC(F)=C1. The molecule has 2 heteroatoms. The van der Waals surface area contributed by atoms with E-state index < -0.39 is 5.60 Å². The standard InChI is InChI=1S/C8H9F.C4H10O.C2H6/c1-7-4-2-3-5-8(9)6-7;1-4(2,3)5;1-2/h3-6H,2H2,1H3;5H,1-3H3;1-2H3. The third-order valence-electron chi connectivity index (χ3n) is 1.22. The predicted octanol–water partition coefficient (Wildman–Crippen LogP) is 4.55. The van der Waals surface area contributed by atoms with E-state index in [0.717, 1.165) is 12.0 Å². The summed E-state index contributed by atoms with van der Waals surface area (Å²) in [5.41, 5.74) is 0.498. The van der Waals surface area contributed by atoms with E-state index in [0.29, 0.717) is 0 Å². The Hall–Kier alpha value is -0.890. The highest BCUT2D eigenvalue weighted by Gasteiger charge is 1.97. The van der Waals surface area contributed by atoms with Crippen molar-refractivity contribution in [2.45, 2.75) is 53.6 Å². The van der Waals surface area contributed by atoms with Crippen LogP contribution in [-0.2, 0) is 0 Å². The first-order valence-electron chi connectivity index (χ1n) is 5.72. The van der Waals surface area contributed by atoms with Gasteiger partial charge in [-0.3, -0.25) is 0 Å². The van der Waals surface area contributed by atoms with Gasteiger partial charge < -0.3 is 5.11 Å². The van der Waals surface area contributed by atoms with Gasteiger partial charge in [0.05, 0.1) is 5.60 Å². The molecular weight excluding hydrogens is 203 g/mol. The molecule has 0 aromatic carbocycles. The fraction of sp³-hybridized carbons (Fsp3) is 0.571. The lowest BCUT2D eigenvalue weighted by molar-refractivity contribution is 0.102. The zero-order chi connectivity index (χ0) is 13.2. The van der Waals surface area contributed by atoms with Gasteiger partial charge >= 0.3 is 0 Å². The van der Waals surface area contributed by atoms with Crippen molar-refractivity contribution >= 4 is 0 Å². The summed E-state index contributed by atoms with van der Waals surface area (Å²) in [6.45, 7) is 11.1. The van der Waals surface area contributed by atoms with Gasteiger partial charge in [0.15, 0.2) is 0 Å². The van der Waals surface area contributed by atoms with Crippen LogP contribution in [0, 0.1) is 0 Å². The third-order valence-corrected chi connectivity index (χ3v) is 1.22. The van der Waals surface area contributed by atoms with E-state index in [9.17, 15) is 4.39 Å². The molecule has 0 atom stereocenters. The first-order chi connectivity index (χ1) is 7.29. The van der Waals surface area contributed by atoms with Gasteiger partial charge in [-0.05, 0) is 46.3 Å². The van der Waals surface area contributed by atoms with Crippen molar-refractivity contribution < 1.29 is 9.50 Å². The maximum Gasteiger partial charge on any atom is 0.123 e. The minimum absolute atomic E-state index is 0.152. The summed E-state index contributed by atoms with van der Waals surface area (Å²) >= 11 is 0. The molecule has 0 amide bonds. The van der Waals surface area contributed by atoms with E-state index in [-0.39, 0.29) is 5.83 Å². The van der Waals surface area contributed by atoms with Crippen LogP contribution >= 0.6 is 0 Å². The zero-order valence-corrected chi connectivity index (χ0v) is 11.3. The van der Waals surface area contributed by atoms with Crippen molar-refractivity contribution in [1.82, 2.24) is 0 Å². The molecule has 0 heterocycles. The molecule has 0 aliphatic heterocycles. The largest absolute Gasteiger partial charge is 0.391 e. The van der Waals surface area contributed by atoms with Crippen molar-refractivity contribution in [3.63, 3.8) is 0 Å². The topological polar surface area (TPSA) is 20.2 Å². The molecule has 0 saturated carbocycles. The summed E-state index contributed by atoms with van der Waals surface area (Å²) in [5, 5.41) is 8.52. The lowest BCUT2D eigenvalue weighted by atomic mass is 10.2. The van der Waals surface area contributed by atoms with Crippen molar-refractivity contribution in [1.29, 1.82) is 0 Å². The minimum atomic E-state index is -0.500. The molecule has 0 saturated heterocycles. The number of rotatable bonds is 0. The summed E-state index contributed by atoms with van der Waals surface area (Å²) in [7, 11) is 0. The summed E-state index contributed by atoms with van der Waals surface area (Å²) in [6.07, 6.45) is 7.66. The van der Waals surface area contributed by atoms with E-state index in [1.54, 1.807) is 20.8 Å². The lowest BCUT2D eigenvalue weighted by Crippen LogP contribution is -2.10. The van der Waals surface area contributed by atoms with Gasteiger partial charge in [-0.2, -0.15) is 0 Å². The van der Waals surface area contributed by atoms with Gasteiger partial charge in [0, 0.05) is 0 Å². The molecule has 1 aliphatic rings. The molecule has 0 aromatic heterocycles. The lowest BCUT2D eigenvalue weighted by Gasteiger charge is -2.04. The highest BCUT2D eigenvalue weighted by Crippen LogP contribution is 2.10. The molecule has 1 aliphatic carbocycles. The third kappa shape index (κ3) is 18.8. The Morgan fingerprint density at radius 3 is 2.12 bits per heavy atom. The zero-order valence-electron chi connectivity index (χ0n) is 11.3. The van der Waals surface area contributed by atoms with Crippen molar-refractivity contribution in [2.75, 3.05) is 0 Å². The van der Waals surface area contributed by atoms with Crippen molar-refractivity contribution in [3.8, 4) is 0 Å². The van der Waals surface area contributed by atoms with Crippen LogP contribution in [0.4, 0.5) is 4.39 Å². The second-order valence-electron chi connectivity index (χ2n) is 4.29. The Morgan fingerprint density at radius 1 is 1.25 bits per heavy atom. The van der Waals surface area contributed by atoms with Gasteiger partial charge in [-0.1, -0.05) is 31.6 Å². The van der Waals surface area contributed by atoms with E-state index in [4.69, 9.17) is 5.11 Å². The van der Waals surface area contributed by atoms with Crippen LogP contribution in [-0.4, -0.2) is 10.7 Å². The second-order valence-corrected chi connectivity index (χ2v) is 4.29. The fourth-order valence-corrected chi connectivity index (χ4v) is 0.759. The van der Waals surface area contributed by atoms with E-state index in [1.165, 1.54) is 12.2 Å². The van der Waals surface area contributed by atoms with Crippen molar-refractivity contribution in [2.24, 2.45) is 0 Å². The van der Waals surface area contributed by atoms with Crippen LogP contribution in [0.5, 0.6) is 0 Å². The molecule has 1 nitrogen and oxygen atoms in total. The molecule has 0 radical (unpaired) electrons. The summed E-state index contributed by atoms with van der Waals surface area (Å²) in [4.78, 5) is 0. The number of hydrogen-bond acceptors (Lipinski definition) is 1. The van der Waals surface area contributed by atoms with Gasteiger partial charge in [0.1, 0.15) is 5.83 Å². The number of aliphatic hydroxyl groups is 1. The Morgan fingerprint density at radius 2 is 1.69 bits per heavy atom. The minimum Gasteiger partial charge on any atom is -0.391 e. The maximum absolute atomic E-state index is 12.4.